The number of benzene rings is 1. The van der Waals surface area contributed by atoms with Crippen LogP contribution in [0.1, 0.15) is 18.9 Å². The Kier molecular flexibility index (Phi) is 3.51. The third-order valence-electron chi connectivity index (χ3n) is 2.32. The Balaban J connectivity index is 2.01. The van der Waals surface area contributed by atoms with Crippen LogP contribution in [0, 0.1) is 0 Å². The molecular formula is C12H13NO2S. The second-order valence-electron chi connectivity index (χ2n) is 3.46. The van der Waals surface area contributed by atoms with E-state index in [0.717, 1.165) is 11.1 Å². The van der Waals surface area contributed by atoms with Gasteiger partial charge < -0.3 is 4.74 Å². The second kappa shape index (κ2) is 5.07. The van der Waals surface area contributed by atoms with Crippen molar-refractivity contribution >= 4 is 27.5 Å². The van der Waals surface area contributed by atoms with Gasteiger partial charge in [0.2, 0.25) is 0 Å². The molecule has 2 aromatic rings. The first-order chi connectivity index (χ1) is 7.79. The van der Waals surface area contributed by atoms with Gasteiger partial charge >= 0.3 is 5.97 Å². The standard InChI is InChI=1S/C12H13NO2S/c1-2-15-12(14)6-4-9-3-5-11-10(7-9)13-8-16-11/h3,5,7-8H,2,4,6H2,1H3. The van der Waals surface area contributed by atoms with Gasteiger partial charge in [-0.25, -0.2) is 4.98 Å². The number of aromatic nitrogens is 1. The van der Waals surface area contributed by atoms with Crippen molar-refractivity contribution in [1.29, 1.82) is 0 Å². The first-order valence-electron chi connectivity index (χ1n) is 5.27. The van der Waals surface area contributed by atoms with E-state index in [2.05, 4.69) is 4.98 Å². The number of esters is 1. The number of thiazole rings is 1. The van der Waals surface area contributed by atoms with E-state index in [9.17, 15) is 4.79 Å². The summed E-state index contributed by atoms with van der Waals surface area (Å²) in [6.45, 7) is 2.27. The van der Waals surface area contributed by atoms with Gasteiger partial charge in [-0.15, -0.1) is 11.3 Å². The molecule has 2 rings (SSSR count). The summed E-state index contributed by atoms with van der Waals surface area (Å²) in [6.07, 6.45) is 1.15. The van der Waals surface area contributed by atoms with Gasteiger partial charge in [0.25, 0.3) is 0 Å². The number of carbonyl (C=O) groups is 1. The van der Waals surface area contributed by atoms with Crippen molar-refractivity contribution < 1.29 is 9.53 Å². The van der Waals surface area contributed by atoms with E-state index < -0.39 is 0 Å². The summed E-state index contributed by atoms with van der Waals surface area (Å²) in [4.78, 5) is 15.4. The quantitative estimate of drug-likeness (QED) is 0.765. The zero-order valence-corrected chi connectivity index (χ0v) is 9.92. The van der Waals surface area contributed by atoms with E-state index in [1.54, 1.807) is 11.3 Å². The Morgan fingerprint density at radius 2 is 2.38 bits per heavy atom. The highest BCUT2D eigenvalue weighted by Gasteiger charge is 2.04. The summed E-state index contributed by atoms with van der Waals surface area (Å²) in [5, 5.41) is 0. The van der Waals surface area contributed by atoms with E-state index in [-0.39, 0.29) is 5.97 Å². The molecule has 0 bridgehead atoms. The van der Waals surface area contributed by atoms with Gasteiger partial charge in [-0.05, 0) is 31.0 Å². The van der Waals surface area contributed by atoms with Crippen LogP contribution in [-0.4, -0.2) is 17.6 Å². The Hall–Kier alpha value is -1.42. The lowest BCUT2D eigenvalue weighted by Gasteiger charge is -2.02. The minimum atomic E-state index is -0.138. The van der Waals surface area contributed by atoms with Crippen molar-refractivity contribution in [3.8, 4) is 0 Å². The fourth-order valence-corrected chi connectivity index (χ4v) is 2.20. The van der Waals surface area contributed by atoms with E-state index in [1.807, 2.05) is 30.6 Å². The van der Waals surface area contributed by atoms with Gasteiger partial charge in [0.1, 0.15) is 0 Å². The van der Waals surface area contributed by atoms with Crippen molar-refractivity contribution in [1.82, 2.24) is 4.98 Å². The maximum Gasteiger partial charge on any atom is 0.306 e. The molecule has 84 valence electrons. The Morgan fingerprint density at radius 1 is 1.50 bits per heavy atom. The van der Waals surface area contributed by atoms with E-state index in [4.69, 9.17) is 4.74 Å². The molecule has 1 aromatic heterocycles. The van der Waals surface area contributed by atoms with Gasteiger partial charge in [-0.1, -0.05) is 6.07 Å². The molecule has 0 N–H and O–H groups in total. The van der Waals surface area contributed by atoms with Gasteiger partial charge in [0.15, 0.2) is 0 Å². The van der Waals surface area contributed by atoms with Crippen LogP contribution in [0.4, 0.5) is 0 Å². The lowest BCUT2D eigenvalue weighted by molar-refractivity contribution is -0.143. The molecule has 0 saturated carbocycles. The van der Waals surface area contributed by atoms with Crippen LogP contribution in [0.25, 0.3) is 10.2 Å². The molecule has 0 saturated heterocycles. The summed E-state index contributed by atoms with van der Waals surface area (Å²) in [7, 11) is 0. The molecule has 16 heavy (non-hydrogen) atoms. The highest BCUT2D eigenvalue weighted by molar-refractivity contribution is 7.16. The van der Waals surface area contributed by atoms with E-state index in [1.165, 1.54) is 4.70 Å². The van der Waals surface area contributed by atoms with Gasteiger partial charge in [-0.3, -0.25) is 4.79 Å². The number of hydrogen-bond acceptors (Lipinski definition) is 4. The molecule has 0 amide bonds. The maximum atomic E-state index is 11.2. The molecule has 0 aliphatic rings. The molecule has 0 aliphatic heterocycles. The SMILES string of the molecule is CCOC(=O)CCc1ccc2scnc2c1. The zero-order valence-electron chi connectivity index (χ0n) is 9.10. The van der Waals surface area contributed by atoms with E-state index in [0.29, 0.717) is 19.4 Å². The summed E-state index contributed by atoms with van der Waals surface area (Å²) >= 11 is 1.63. The second-order valence-corrected chi connectivity index (χ2v) is 4.35. The van der Waals surface area contributed by atoms with Gasteiger partial charge in [-0.2, -0.15) is 0 Å². The molecule has 0 aliphatic carbocycles. The van der Waals surface area contributed by atoms with E-state index >= 15 is 0 Å². The minimum Gasteiger partial charge on any atom is -0.466 e. The van der Waals surface area contributed by atoms with Crippen molar-refractivity contribution in [3.05, 3.63) is 29.3 Å². The zero-order chi connectivity index (χ0) is 11.4. The smallest absolute Gasteiger partial charge is 0.306 e. The van der Waals surface area contributed by atoms with Crippen LogP contribution >= 0.6 is 11.3 Å². The predicted molar refractivity (Wildman–Crippen MR) is 64.6 cm³/mol. The summed E-state index contributed by atoms with van der Waals surface area (Å²) in [5.74, 6) is -0.138. The number of rotatable bonds is 4. The molecular weight excluding hydrogens is 222 g/mol. The van der Waals surface area contributed by atoms with Crippen LogP contribution in [0.3, 0.4) is 0 Å². The number of aryl methyl sites for hydroxylation is 1. The minimum absolute atomic E-state index is 0.138. The number of ether oxygens (including phenoxy) is 1. The largest absolute Gasteiger partial charge is 0.466 e. The molecule has 3 nitrogen and oxygen atoms in total. The first kappa shape index (κ1) is 11.1. The average Bonchev–Trinajstić information content (AvgIpc) is 2.74. The van der Waals surface area contributed by atoms with Crippen LogP contribution in [0.2, 0.25) is 0 Å². The molecule has 0 fully saturated rings. The van der Waals surface area contributed by atoms with Crippen LogP contribution < -0.4 is 0 Å². The lowest BCUT2D eigenvalue weighted by Crippen LogP contribution is -2.05. The lowest BCUT2D eigenvalue weighted by atomic mass is 10.1. The molecule has 1 aromatic carbocycles. The third-order valence-corrected chi connectivity index (χ3v) is 3.13. The Morgan fingerprint density at radius 3 is 3.19 bits per heavy atom. The Labute approximate surface area is 98.1 Å². The van der Waals surface area contributed by atoms with Gasteiger partial charge in [0.05, 0.1) is 22.3 Å². The van der Waals surface area contributed by atoms with Crippen molar-refractivity contribution in [2.24, 2.45) is 0 Å². The number of nitrogens with zero attached hydrogens (tertiary/aromatic N) is 1. The predicted octanol–water partition coefficient (Wildman–Crippen LogP) is 2.79. The monoisotopic (exact) mass is 235 g/mol. The molecule has 0 spiro atoms. The topological polar surface area (TPSA) is 39.2 Å². The Bertz CT molecular complexity index is 492. The van der Waals surface area contributed by atoms with Crippen LogP contribution in [0.5, 0.6) is 0 Å². The molecule has 0 unspecified atom stereocenters. The molecule has 4 heteroatoms. The van der Waals surface area contributed by atoms with Crippen LogP contribution in [-0.2, 0) is 16.0 Å². The third kappa shape index (κ3) is 2.58. The van der Waals surface area contributed by atoms with Crippen molar-refractivity contribution in [3.63, 3.8) is 0 Å². The summed E-state index contributed by atoms with van der Waals surface area (Å²) in [5.41, 5.74) is 3.97. The van der Waals surface area contributed by atoms with Crippen molar-refractivity contribution in [2.45, 2.75) is 19.8 Å². The highest BCUT2D eigenvalue weighted by atomic mass is 32.1. The number of hydrogen-bond donors (Lipinski definition) is 0. The molecule has 0 atom stereocenters. The maximum absolute atomic E-state index is 11.2. The number of carbonyl (C=O) groups excluding carboxylic acids is 1. The highest BCUT2D eigenvalue weighted by Crippen LogP contribution is 2.19. The van der Waals surface area contributed by atoms with Gasteiger partial charge in [0, 0.05) is 6.42 Å². The fourth-order valence-electron chi connectivity index (χ4n) is 1.54. The molecule has 1 heterocycles. The average molecular weight is 235 g/mol. The summed E-state index contributed by atoms with van der Waals surface area (Å²) < 4.78 is 6.06. The number of fused-ring (bicyclic) bond motifs is 1. The van der Waals surface area contributed by atoms with Crippen LogP contribution in [0.15, 0.2) is 23.7 Å². The normalized spacial score (nSPS) is 10.6. The first-order valence-corrected chi connectivity index (χ1v) is 6.15. The fraction of sp³-hybridized carbons (Fsp3) is 0.333. The molecule has 0 radical (unpaired) electrons. The van der Waals surface area contributed by atoms with Crippen molar-refractivity contribution in [2.75, 3.05) is 6.61 Å². The summed E-state index contributed by atoms with van der Waals surface area (Å²) in [6, 6.07) is 6.12.